The van der Waals surface area contributed by atoms with Crippen LogP contribution >= 0.6 is 0 Å². The monoisotopic (exact) mass is 348 g/mol. The first-order valence-corrected chi connectivity index (χ1v) is 8.42. The summed E-state index contributed by atoms with van der Waals surface area (Å²) in [5, 5.41) is 6.17. The van der Waals surface area contributed by atoms with E-state index in [1.165, 1.54) is 0 Å². The molecule has 2 N–H and O–H groups in total. The summed E-state index contributed by atoms with van der Waals surface area (Å²) in [6.07, 6.45) is 3.39. The average molecular weight is 348 g/mol. The van der Waals surface area contributed by atoms with E-state index < -0.39 is 0 Å². The molecule has 0 aliphatic heterocycles. The largest absolute Gasteiger partial charge is 0.352 e. The van der Waals surface area contributed by atoms with Gasteiger partial charge in [0.15, 0.2) is 0 Å². The summed E-state index contributed by atoms with van der Waals surface area (Å²) in [5.74, 6) is -0.535. The summed E-state index contributed by atoms with van der Waals surface area (Å²) in [7, 11) is 0. The second kappa shape index (κ2) is 7.74. The normalized spacial score (nSPS) is 10.7. The van der Waals surface area contributed by atoms with Gasteiger partial charge in [-0.1, -0.05) is 18.2 Å². The molecule has 3 rings (SSSR count). The summed E-state index contributed by atoms with van der Waals surface area (Å²) < 4.78 is 0. The molecule has 0 saturated heterocycles. The second-order valence-corrected chi connectivity index (χ2v) is 6.22. The summed E-state index contributed by atoms with van der Waals surface area (Å²) in [5.41, 5.74) is 2.68. The van der Waals surface area contributed by atoms with E-state index in [0.29, 0.717) is 16.8 Å². The molecule has 6 nitrogen and oxygen atoms in total. The Kier molecular flexibility index (Phi) is 5.22. The molecule has 0 aliphatic rings. The van der Waals surface area contributed by atoms with Crippen molar-refractivity contribution in [2.75, 3.05) is 6.54 Å². The predicted octanol–water partition coefficient (Wildman–Crippen LogP) is 2.55. The minimum Gasteiger partial charge on any atom is -0.352 e. The second-order valence-electron chi connectivity index (χ2n) is 6.22. The fourth-order valence-corrected chi connectivity index (χ4v) is 2.65. The lowest BCUT2D eigenvalue weighted by Gasteiger charge is -2.12. The molecule has 0 radical (unpaired) electrons. The number of nitrogens with one attached hydrogen (secondary N) is 2. The van der Waals surface area contributed by atoms with Crippen LogP contribution < -0.4 is 10.6 Å². The van der Waals surface area contributed by atoms with E-state index in [0.717, 1.165) is 10.9 Å². The molecule has 0 unspecified atom stereocenters. The Bertz CT molecular complexity index is 939. The quantitative estimate of drug-likeness (QED) is 0.742. The Morgan fingerprint density at radius 2 is 1.92 bits per heavy atom. The smallest absolute Gasteiger partial charge is 0.252 e. The van der Waals surface area contributed by atoms with Gasteiger partial charge in [-0.05, 0) is 38.1 Å². The number of carbonyl (C=O) groups excluding carboxylic acids is 2. The first kappa shape index (κ1) is 17.5. The van der Waals surface area contributed by atoms with Crippen molar-refractivity contribution in [3.63, 3.8) is 0 Å². The topological polar surface area (TPSA) is 84.0 Å². The Hall–Kier alpha value is -3.28. The van der Waals surface area contributed by atoms with E-state index >= 15 is 0 Å². The highest BCUT2D eigenvalue weighted by molar-refractivity contribution is 6.08. The standard InChI is InChI=1S/C20H20N4O2/c1-13(2)23-19(25)12-22-20(26)16-10-18(14-6-5-9-21-11-14)24-17-8-4-3-7-15(16)17/h3-11,13H,12H2,1-2H3,(H,22,26)(H,23,25). The number of hydrogen-bond donors (Lipinski definition) is 2. The molecule has 0 saturated carbocycles. The maximum Gasteiger partial charge on any atom is 0.252 e. The van der Waals surface area contributed by atoms with Crippen LogP contribution in [0.25, 0.3) is 22.2 Å². The van der Waals surface area contributed by atoms with Crippen LogP contribution in [0, 0.1) is 0 Å². The minimum absolute atomic E-state index is 0.0262. The number of fused-ring (bicyclic) bond motifs is 1. The number of aromatic nitrogens is 2. The van der Waals surface area contributed by atoms with Crippen molar-refractivity contribution in [3.05, 3.63) is 60.4 Å². The van der Waals surface area contributed by atoms with Gasteiger partial charge in [0.25, 0.3) is 5.91 Å². The average Bonchev–Trinajstić information content (AvgIpc) is 2.65. The van der Waals surface area contributed by atoms with Gasteiger partial charge >= 0.3 is 0 Å². The van der Waals surface area contributed by atoms with Gasteiger partial charge in [-0.15, -0.1) is 0 Å². The zero-order valence-electron chi connectivity index (χ0n) is 14.7. The molecule has 0 fully saturated rings. The molecule has 6 heteroatoms. The van der Waals surface area contributed by atoms with Crippen molar-refractivity contribution in [1.82, 2.24) is 20.6 Å². The molecular weight excluding hydrogens is 328 g/mol. The molecule has 2 heterocycles. The number of benzene rings is 1. The zero-order chi connectivity index (χ0) is 18.5. The van der Waals surface area contributed by atoms with Gasteiger partial charge < -0.3 is 10.6 Å². The first-order chi connectivity index (χ1) is 12.5. The Morgan fingerprint density at radius 3 is 2.65 bits per heavy atom. The molecule has 3 aromatic rings. The van der Waals surface area contributed by atoms with Gasteiger partial charge in [-0.2, -0.15) is 0 Å². The Balaban J connectivity index is 1.93. The van der Waals surface area contributed by atoms with Gasteiger partial charge in [0.2, 0.25) is 5.91 Å². The van der Waals surface area contributed by atoms with Crippen molar-refractivity contribution in [2.45, 2.75) is 19.9 Å². The number of rotatable bonds is 5. The summed E-state index contributed by atoms with van der Waals surface area (Å²) in [4.78, 5) is 33.2. The Morgan fingerprint density at radius 1 is 1.12 bits per heavy atom. The lowest BCUT2D eigenvalue weighted by molar-refractivity contribution is -0.120. The van der Waals surface area contributed by atoms with Crippen LogP contribution in [0.15, 0.2) is 54.9 Å². The summed E-state index contributed by atoms with van der Waals surface area (Å²) in [6, 6.07) is 12.9. The maximum atomic E-state index is 12.7. The summed E-state index contributed by atoms with van der Waals surface area (Å²) in [6.45, 7) is 3.67. The third kappa shape index (κ3) is 4.03. The highest BCUT2D eigenvalue weighted by Gasteiger charge is 2.15. The first-order valence-electron chi connectivity index (χ1n) is 8.42. The lowest BCUT2D eigenvalue weighted by atomic mass is 10.0. The van der Waals surface area contributed by atoms with Crippen LogP contribution in [0.1, 0.15) is 24.2 Å². The van der Waals surface area contributed by atoms with Crippen LogP contribution in [0.4, 0.5) is 0 Å². The van der Waals surface area contributed by atoms with Crippen LogP contribution in [-0.2, 0) is 4.79 Å². The van der Waals surface area contributed by atoms with Crippen LogP contribution in [0.2, 0.25) is 0 Å². The maximum absolute atomic E-state index is 12.7. The van der Waals surface area contributed by atoms with Crippen LogP contribution in [0.5, 0.6) is 0 Å². The fraction of sp³-hybridized carbons (Fsp3) is 0.200. The van der Waals surface area contributed by atoms with Gasteiger partial charge in [-0.3, -0.25) is 14.6 Å². The summed E-state index contributed by atoms with van der Waals surface area (Å²) >= 11 is 0. The van der Waals surface area contributed by atoms with Crippen molar-refractivity contribution < 1.29 is 9.59 Å². The molecule has 0 bridgehead atoms. The zero-order valence-corrected chi connectivity index (χ0v) is 14.7. The van der Waals surface area contributed by atoms with Gasteiger partial charge in [0.1, 0.15) is 0 Å². The van der Waals surface area contributed by atoms with E-state index in [4.69, 9.17) is 0 Å². The molecule has 2 aromatic heterocycles. The number of para-hydroxylation sites is 1. The van der Waals surface area contributed by atoms with Gasteiger partial charge in [0, 0.05) is 29.4 Å². The fourth-order valence-electron chi connectivity index (χ4n) is 2.65. The van der Waals surface area contributed by atoms with Crippen molar-refractivity contribution in [3.8, 4) is 11.3 Å². The molecule has 0 aliphatic carbocycles. The molecule has 0 spiro atoms. The Labute approximate surface area is 151 Å². The van der Waals surface area contributed by atoms with Crippen molar-refractivity contribution in [1.29, 1.82) is 0 Å². The van der Waals surface area contributed by atoms with Gasteiger partial charge in [0.05, 0.1) is 23.3 Å². The van der Waals surface area contributed by atoms with E-state index in [1.54, 1.807) is 18.5 Å². The SMILES string of the molecule is CC(C)NC(=O)CNC(=O)c1cc(-c2cccnc2)nc2ccccc12. The lowest BCUT2D eigenvalue weighted by Crippen LogP contribution is -2.39. The van der Waals surface area contributed by atoms with Gasteiger partial charge in [-0.25, -0.2) is 4.98 Å². The van der Waals surface area contributed by atoms with E-state index in [1.807, 2.05) is 50.2 Å². The van der Waals surface area contributed by atoms with Crippen molar-refractivity contribution in [2.24, 2.45) is 0 Å². The predicted molar refractivity (Wildman–Crippen MR) is 101 cm³/mol. The molecule has 0 atom stereocenters. The molecule has 132 valence electrons. The minimum atomic E-state index is -0.312. The third-order valence-corrected chi connectivity index (χ3v) is 3.78. The van der Waals surface area contributed by atoms with Crippen LogP contribution in [0.3, 0.4) is 0 Å². The number of hydrogen-bond acceptors (Lipinski definition) is 4. The molecule has 2 amide bonds. The van der Waals surface area contributed by atoms with E-state index in [2.05, 4.69) is 20.6 Å². The number of pyridine rings is 2. The molecule has 1 aromatic carbocycles. The molecule has 26 heavy (non-hydrogen) atoms. The van der Waals surface area contributed by atoms with Crippen molar-refractivity contribution >= 4 is 22.7 Å². The van der Waals surface area contributed by atoms with Crippen LogP contribution in [-0.4, -0.2) is 34.4 Å². The van der Waals surface area contributed by atoms with E-state index in [-0.39, 0.29) is 24.4 Å². The highest BCUT2D eigenvalue weighted by atomic mass is 16.2. The molecular formula is C20H20N4O2. The third-order valence-electron chi connectivity index (χ3n) is 3.78. The number of amides is 2. The number of carbonyl (C=O) groups is 2. The highest BCUT2D eigenvalue weighted by Crippen LogP contribution is 2.24. The number of nitrogens with zero attached hydrogens (tertiary/aromatic N) is 2. The van der Waals surface area contributed by atoms with E-state index in [9.17, 15) is 9.59 Å².